The largest absolute Gasteiger partial charge is 0.368 e. The molecule has 0 saturated carbocycles. The van der Waals surface area contributed by atoms with Crippen LogP contribution in [0.5, 0.6) is 0 Å². The molecule has 0 atom stereocenters. The first-order valence-corrected chi connectivity index (χ1v) is 8.36. The molecule has 0 bridgehead atoms. The lowest BCUT2D eigenvalue weighted by Gasteiger charge is -2.08. The fourth-order valence-electron chi connectivity index (χ4n) is 2.26. The molecule has 0 spiro atoms. The summed E-state index contributed by atoms with van der Waals surface area (Å²) in [7, 11) is 0. The standard InChI is InChI=1S/C16H18N6OS/c1-11-15(24-12(2)21-11)16(23)18-6-5-17-13-9-14(20-10-19-13)22-7-3-4-8-22/h3-4,7-10H,5-6H2,1-2H3,(H,18,23)(H,17,19,20). The van der Waals surface area contributed by atoms with Gasteiger partial charge in [0.2, 0.25) is 0 Å². The lowest BCUT2D eigenvalue weighted by Crippen LogP contribution is -2.28. The lowest BCUT2D eigenvalue weighted by atomic mass is 10.3. The van der Waals surface area contributed by atoms with E-state index in [9.17, 15) is 4.79 Å². The van der Waals surface area contributed by atoms with E-state index < -0.39 is 0 Å². The van der Waals surface area contributed by atoms with Gasteiger partial charge in [0.1, 0.15) is 22.8 Å². The number of amides is 1. The third-order valence-corrected chi connectivity index (χ3v) is 4.42. The molecule has 3 aromatic rings. The average Bonchev–Trinajstić information content (AvgIpc) is 3.21. The number of thiazole rings is 1. The Kier molecular flexibility index (Phi) is 4.85. The fourth-order valence-corrected chi connectivity index (χ4v) is 3.10. The Morgan fingerprint density at radius 2 is 2.00 bits per heavy atom. The maximum absolute atomic E-state index is 12.1. The minimum Gasteiger partial charge on any atom is -0.368 e. The van der Waals surface area contributed by atoms with Crippen molar-refractivity contribution in [3.05, 3.63) is 52.5 Å². The number of anilines is 1. The van der Waals surface area contributed by atoms with E-state index >= 15 is 0 Å². The van der Waals surface area contributed by atoms with Gasteiger partial charge in [-0.25, -0.2) is 15.0 Å². The van der Waals surface area contributed by atoms with Crippen LogP contribution in [-0.4, -0.2) is 38.5 Å². The topological polar surface area (TPSA) is 84.7 Å². The van der Waals surface area contributed by atoms with E-state index in [0.29, 0.717) is 23.8 Å². The highest BCUT2D eigenvalue weighted by Crippen LogP contribution is 2.16. The maximum Gasteiger partial charge on any atom is 0.263 e. The zero-order chi connectivity index (χ0) is 16.9. The van der Waals surface area contributed by atoms with Crippen molar-refractivity contribution in [2.24, 2.45) is 0 Å². The molecule has 0 saturated heterocycles. The van der Waals surface area contributed by atoms with E-state index in [1.165, 1.54) is 17.7 Å². The summed E-state index contributed by atoms with van der Waals surface area (Å²) in [5.41, 5.74) is 0.773. The Balaban J connectivity index is 1.51. The number of nitrogens with one attached hydrogen (secondary N) is 2. The van der Waals surface area contributed by atoms with Gasteiger partial charge in [-0.2, -0.15) is 0 Å². The van der Waals surface area contributed by atoms with Crippen molar-refractivity contribution in [1.29, 1.82) is 0 Å². The molecule has 1 amide bonds. The molecule has 0 aliphatic carbocycles. The summed E-state index contributed by atoms with van der Waals surface area (Å²) in [5.74, 6) is 1.42. The number of rotatable bonds is 6. The van der Waals surface area contributed by atoms with Crippen LogP contribution >= 0.6 is 11.3 Å². The first-order valence-electron chi connectivity index (χ1n) is 7.55. The minimum atomic E-state index is -0.0874. The van der Waals surface area contributed by atoms with Gasteiger partial charge in [-0.15, -0.1) is 11.3 Å². The van der Waals surface area contributed by atoms with Crippen LogP contribution in [-0.2, 0) is 0 Å². The smallest absolute Gasteiger partial charge is 0.263 e. The molecule has 7 nitrogen and oxygen atoms in total. The van der Waals surface area contributed by atoms with Crippen molar-refractivity contribution in [2.75, 3.05) is 18.4 Å². The number of hydrogen-bond donors (Lipinski definition) is 2. The quantitative estimate of drug-likeness (QED) is 0.671. The zero-order valence-corrected chi connectivity index (χ0v) is 14.3. The van der Waals surface area contributed by atoms with Crippen LogP contribution < -0.4 is 10.6 Å². The SMILES string of the molecule is Cc1nc(C)c(C(=O)NCCNc2cc(-n3cccc3)ncn2)s1. The van der Waals surface area contributed by atoms with Crippen LogP contribution in [0.1, 0.15) is 20.4 Å². The van der Waals surface area contributed by atoms with Gasteiger partial charge in [0.05, 0.1) is 10.7 Å². The van der Waals surface area contributed by atoms with Gasteiger partial charge < -0.3 is 15.2 Å². The molecule has 0 unspecified atom stereocenters. The first-order chi connectivity index (χ1) is 11.6. The van der Waals surface area contributed by atoms with Crippen LogP contribution in [0, 0.1) is 13.8 Å². The van der Waals surface area contributed by atoms with E-state index in [1.807, 2.05) is 49.0 Å². The normalized spacial score (nSPS) is 10.6. The second-order valence-electron chi connectivity index (χ2n) is 5.18. The van der Waals surface area contributed by atoms with Crippen LogP contribution in [0.2, 0.25) is 0 Å². The number of nitrogens with zero attached hydrogens (tertiary/aromatic N) is 4. The summed E-state index contributed by atoms with van der Waals surface area (Å²) in [6, 6.07) is 5.74. The highest BCUT2D eigenvalue weighted by atomic mass is 32.1. The lowest BCUT2D eigenvalue weighted by molar-refractivity contribution is 0.0958. The number of hydrogen-bond acceptors (Lipinski definition) is 6. The Bertz CT molecular complexity index is 827. The molecular formula is C16H18N6OS. The second-order valence-corrected chi connectivity index (χ2v) is 6.39. The molecule has 8 heteroatoms. The number of aromatic nitrogens is 4. The van der Waals surface area contributed by atoms with E-state index in [0.717, 1.165) is 16.5 Å². The fraction of sp³-hybridized carbons (Fsp3) is 0.250. The highest BCUT2D eigenvalue weighted by molar-refractivity contribution is 7.13. The summed E-state index contributed by atoms with van der Waals surface area (Å²) in [6.45, 7) is 4.82. The molecule has 0 aliphatic rings. The molecule has 0 radical (unpaired) electrons. The van der Waals surface area contributed by atoms with Crippen molar-refractivity contribution < 1.29 is 4.79 Å². The Morgan fingerprint density at radius 3 is 2.71 bits per heavy atom. The molecule has 3 rings (SSSR count). The Labute approximate surface area is 143 Å². The molecule has 2 N–H and O–H groups in total. The summed E-state index contributed by atoms with van der Waals surface area (Å²) < 4.78 is 1.91. The Hall–Kier alpha value is -2.74. The second kappa shape index (κ2) is 7.22. The summed E-state index contributed by atoms with van der Waals surface area (Å²) in [5, 5.41) is 6.97. The van der Waals surface area contributed by atoms with Gasteiger partial charge >= 0.3 is 0 Å². The zero-order valence-electron chi connectivity index (χ0n) is 13.5. The minimum absolute atomic E-state index is 0.0874. The number of aryl methyl sites for hydroxylation is 2. The Morgan fingerprint density at radius 1 is 1.21 bits per heavy atom. The predicted molar refractivity (Wildman–Crippen MR) is 93.8 cm³/mol. The first kappa shape index (κ1) is 16.1. The predicted octanol–water partition coefficient (Wildman–Crippen LogP) is 2.18. The van der Waals surface area contributed by atoms with Crippen molar-refractivity contribution in [2.45, 2.75) is 13.8 Å². The summed E-state index contributed by atoms with van der Waals surface area (Å²) >= 11 is 1.41. The van der Waals surface area contributed by atoms with Crippen LogP contribution in [0.25, 0.3) is 5.82 Å². The summed E-state index contributed by atoms with van der Waals surface area (Å²) in [6.07, 6.45) is 5.36. The van der Waals surface area contributed by atoms with Crippen LogP contribution in [0.4, 0.5) is 5.82 Å². The van der Waals surface area contributed by atoms with Crippen molar-refractivity contribution >= 4 is 23.1 Å². The maximum atomic E-state index is 12.1. The van der Waals surface area contributed by atoms with Gasteiger partial charge in [0.25, 0.3) is 5.91 Å². The molecular weight excluding hydrogens is 324 g/mol. The molecule has 0 fully saturated rings. The highest BCUT2D eigenvalue weighted by Gasteiger charge is 2.12. The third-order valence-electron chi connectivity index (χ3n) is 3.35. The average molecular weight is 342 g/mol. The summed E-state index contributed by atoms with van der Waals surface area (Å²) in [4.78, 5) is 25.4. The van der Waals surface area contributed by atoms with Crippen molar-refractivity contribution in [3.63, 3.8) is 0 Å². The molecule has 3 aromatic heterocycles. The van der Waals surface area contributed by atoms with Crippen molar-refractivity contribution in [1.82, 2.24) is 24.8 Å². The molecule has 24 heavy (non-hydrogen) atoms. The monoisotopic (exact) mass is 342 g/mol. The van der Waals surface area contributed by atoms with Gasteiger partial charge in [-0.05, 0) is 26.0 Å². The van der Waals surface area contributed by atoms with Gasteiger partial charge in [0.15, 0.2) is 0 Å². The van der Waals surface area contributed by atoms with E-state index in [2.05, 4.69) is 25.6 Å². The van der Waals surface area contributed by atoms with Gasteiger partial charge in [0, 0.05) is 31.5 Å². The van der Waals surface area contributed by atoms with Gasteiger partial charge in [-0.1, -0.05) is 0 Å². The van der Waals surface area contributed by atoms with Crippen LogP contribution in [0.15, 0.2) is 36.9 Å². The molecule has 0 aliphatic heterocycles. The number of carbonyl (C=O) groups excluding carboxylic acids is 1. The van der Waals surface area contributed by atoms with Crippen LogP contribution in [0.3, 0.4) is 0 Å². The van der Waals surface area contributed by atoms with Crippen molar-refractivity contribution in [3.8, 4) is 5.82 Å². The van der Waals surface area contributed by atoms with Gasteiger partial charge in [-0.3, -0.25) is 4.79 Å². The number of carbonyl (C=O) groups is 1. The third kappa shape index (κ3) is 3.77. The van der Waals surface area contributed by atoms with E-state index in [-0.39, 0.29) is 5.91 Å². The molecule has 3 heterocycles. The van der Waals surface area contributed by atoms with E-state index in [1.54, 1.807) is 0 Å². The molecule has 0 aromatic carbocycles. The molecule has 124 valence electrons. The van der Waals surface area contributed by atoms with E-state index in [4.69, 9.17) is 0 Å².